The zero-order valence-electron chi connectivity index (χ0n) is 15.0. The molecule has 0 unspecified atom stereocenters. The van der Waals surface area contributed by atoms with Crippen molar-refractivity contribution in [2.75, 3.05) is 13.2 Å². The molecule has 0 spiro atoms. The summed E-state index contributed by atoms with van der Waals surface area (Å²) in [5, 5.41) is 0.160. The average molecular weight is 332 g/mol. The maximum absolute atomic E-state index is 11.8. The summed E-state index contributed by atoms with van der Waals surface area (Å²) >= 11 is 0. The van der Waals surface area contributed by atoms with Gasteiger partial charge in [0.15, 0.2) is 14.4 Å². The van der Waals surface area contributed by atoms with Gasteiger partial charge in [0.25, 0.3) is 0 Å². The molecule has 1 rings (SSSR count). The van der Waals surface area contributed by atoms with Crippen molar-refractivity contribution < 1.29 is 18.7 Å². The average Bonchev–Trinajstić information content (AvgIpc) is 2.44. The topological polar surface area (TPSA) is 70.8 Å². The second-order valence-electron chi connectivity index (χ2n) is 7.58. The van der Waals surface area contributed by atoms with Gasteiger partial charge in [-0.05, 0) is 44.3 Å². The highest BCUT2D eigenvalue weighted by Gasteiger charge is 2.39. The Labute approximate surface area is 136 Å². The lowest BCUT2D eigenvalue weighted by Crippen LogP contribution is -2.50. The second-order valence-corrected chi connectivity index (χ2v) is 12.4. The molecule has 3 atom stereocenters. The third-order valence-corrected chi connectivity index (χ3v) is 9.26. The molecule has 0 aliphatic carbocycles. The van der Waals surface area contributed by atoms with Crippen molar-refractivity contribution in [2.24, 2.45) is 5.73 Å². The molecule has 5 nitrogen and oxygen atoms in total. The highest BCUT2D eigenvalue weighted by Crippen LogP contribution is 2.36. The number of hydrogen-bond acceptors (Lipinski definition) is 5. The SMILES string of the molecule is CCOC(=O)[C@@H]1CCC[C@H]([C@@H](N)CO[Si](C)(C)C(C)(C)C)O1. The number of carbonyl (C=O) groups excluding carboxylic acids is 1. The Morgan fingerprint density at radius 1 is 1.36 bits per heavy atom. The lowest BCUT2D eigenvalue weighted by atomic mass is 9.99. The smallest absolute Gasteiger partial charge is 0.335 e. The molecular weight excluding hydrogens is 298 g/mol. The number of esters is 1. The third-order valence-electron chi connectivity index (χ3n) is 4.76. The first-order valence-corrected chi connectivity index (χ1v) is 11.2. The van der Waals surface area contributed by atoms with Gasteiger partial charge in [0.2, 0.25) is 0 Å². The Balaban J connectivity index is 2.51. The number of ether oxygens (including phenoxy) is 2. The van der Waals surface area contributed by atoms with Gasteiger partial charge in [-0.25, -0.2) is 4.79 Å². The summed E-state index contributed by atoms with van der Waals surface area (Å²) in [6, 6.07) is -0.202. The van der Waals surface area contributed by atoms with E-state index >= 15 is 0 Å². The fraction of sp³-hybridized carbons (Fsp3) is 0.938. The van der Waals surface area contributed by atoms with E-state index in [4.69, 9.17) is 19.6 Å². The van der Waals surface area contributed by atoms with Gasteiger partial charge in [-0.15, -0.1) is 0 Å². The number of carbonyl (C=O) groups is 1. The normalized spacial score (nSPS) is 24.9. The predicted octanol–water partition coefficient (Wildman–Crippen LogP) is 2.84. The first kappa shape index (κ1) is 19.6. The molecule has 1 aliphatic rings. The summed E-state index contributed by atoms with van der Waals surface area (Å²) in [5.41, 5.74) is 6.26. The van der Waals surface area contributed by atoms with Crippen LogP contribution < -0.4 is 5.73 Å². The Morgan fingerprint density at radius 3 is 2.55 bits per heavy atom. The zero-order chi connectivity index (χ0) is 17.0. The lowest BCUT2D eigenvalue weighted by Gasteiger charge is -2.38. The lowest BCUT2D eigenvalue weighted by molar-refractivity contribution is -0.166. The van der Waals surface area contributed by atoms with Crippen LogP contribution >= 0.6 is 0 Å². The van der Waals surface area contributed by atoms with E-state index in [2.05, 4.69) is 33.9 Å². The maximum Gasteiger partial charge on any atom is 0.335 e. The number of hydrogen-bond donors (Lipinski definition) is 1. The highest BCUT2D eigenvalue weighted by molar-refractivity contribution is 6.74. The van der Waals surface area contributed by atoms with E-state index in [-0.39, 0.29) is 23.2 Å². The fourth-order valence-electron chi connectivity index (χ4n) is 2.20. The van der Waals surface area contributed by atoms with Crippen LogP contribution in [-0.4, -0.2) is 45.8 Å². The standard InChI is InChI=1S/C16H33NO4Si/c1-7-19-15(18)14-10-8-9-13(21-14)12(17)11-20-22(5,6)16(2,3)4/h12-14H,7-11,17H2,1-6H3/t12-,13+,14-/m0/s1. The van der Waals surface area contributed by atoms with Crippen molar-refractivity contribution >= 4 is 14.3 Å². The molecule has 0 radical (unpaired) electrons. The van der Waals surface area contributed by atoms with Crippen molar-refractivity contribution in [1.29, 1.82) is 0 Å². The van der Waals surface area contributed by atoms with Crippen LogP contribution in [0.4, 0.5) is 0 Å². The predicted molar refractivity (Wildman–Crippen MR) is 90.3 cm³/mol. The molecule has 1 aliphatic heterocycles. The van der Waals surface area contributed by atoms with E-state index in [0.29, 0.717) is 19.6 Å². The van der Waals surface area contributed by atoms with E-state index in [0.717, 1.165) is 12.8 Å². The van der Waals surface area contributed by atoms with Gasteiger partial charge in [-0.1, -0.05) is 20.8 Å². The minimum Gasteiger partial charge on any atom is -0.464 e. The van der Waals surface area contributed by atoms with Gasteiger partial charge in [-0.2, -0.15) is 0 Å². The summed E-state index contributed by atoms with van der Waals surface area (Å²) in [4.78, 5) is 11.8. The molecule has 0 aromatic rings. The molecule has 22 heavy (non-hydrogen) atoms. The van der Waals surface area contributed by atoms with Crippen LogP contribution in [0.15, 0.2) is 0 Å². The molecule has 1 heterocycles. The van der Waals surface area contributed by atoms with Crippen molar-refractivity contribution in [3.05, 3.63) is 0 Å². The molecular formula is C16H33NO4Si. The zero-order valence-corrected chi connectivity index (χ0v) is 16.0. The number of rotatable bonds is 6. The Hall–Kier alpha value is -0.433. The summed E-state index contributed by atoms with van der Waals surface area (Å²) in [7, 11) is -1.81. The van der Waals surface area contributed by atoms with Gasteiger partial charge in [-0.3, -0.25) is 0 Å². The first-order valence-electron chi connectivity index (χ1n) is 8.30. The summed E-state index contributed by atoms with van der Waals surface area (Å²) in [6.45, 7) is 13.7. The largest absolute Gasteiger partial charge is 0.464 e. The monoisotopic (exact) mass is 331 g/mol. The van der Waals surface area contributed by atoms with Crippen molar-refractivity contribution in [3.63, 3.8) is 0 Å². The van der Waals surface area contributed by atoms with Gasteiger partial charge >= 0.3 is 5.97 Å². The minimum atomic E-state index is -1.81. The van der Waals surface area contributed by atoms with Crippen LogP contribution in [0.25, 0.3) is 0 Å². The van der Waals surface area contributed by atoms with Crippen molar-refractivity contribution in [3.8, 4) is 0 Å². The van der Waals surface area contributed by atoms with Crippen LogP contribution in [0, 0.1) is 0 Å². The molecule has 1 saturated heterocycles. The van der Waals surface area contributed by atoms with Crippen LogP contribution in [0.5, 0.6) is 0 Å². The fourth-order valence-corrected chi connectivity index (χ4v) is 3.25. The molecule has 0 aromatic carbocycles. The van der Waals surface area contributed by atoms with Crippen LogP contribution in [0.1, 0.15) is 47.0 Å². The third kappa shape index (κ3) is 5.33. The molecule has 2 N–H and O–H groups in total. The maximum atomic E-state index is 11.8. The summed E-state index contributed by atoms with van der Waals surface area (Å²) in [6.07, 6.45) is 1.91. The van der Waals surface area contributed by atoms with Crippen LogP contribution in [0.3, 0.4) is 0 Å². The molecule has 0 amide bonds. The second kappa shape index (κ2) is 7.90. The van der Waals surface area contributed by atoms with E-state index in [1.807, 2.05) is 0 Å². The molecule has 0 bridgehead atoms. The quantitative estimate of drug-likeness (QED) is 0.598. The van der Waals surface area contributed by atoms with Crippen molar-refractivity contribution in [2.45, 2.75) is 83.3 Å². The first-order chi connectivity index (χ1) is 10.1. The summed E-state index contributed by atoms with van der Waals surface area (Å²) in [5.74, 6) is -0.273. The molecule has 0 saturated carbocycles. The van der Waals surface area contributed by atoms with Gasteiger partial charge in [0.1, 0.15) is 0 Å². The molecule has 1 fully saturated rings. The van der Waals surface area contributed by atoms with Gasteiger partial charge < -0.3 is 19.6 Å². The highest BCUT2D eigenvalue weighted by atomic mass is 28.4. The van der Waals surface area contributed by atoms with E-state index in [1.165, 1.54) is 0 Å². The Morgan fingerprint density at radius 2 is 2.00 bits per heavy atom. The van der Waals surface area contributed by atoms with Crippen molar-refractivity contribution in [1.82, 2.24) is 0 Å². The molecule has 130 valence electrons. The molecule has 0 aromatic heterocycles. The van der Waals surface area contributed by atoms with Crippen LogP contribution in [-0.2, 0) is 18.7 Å². The Bertz CT molecular complexity index is 368. The summed E-state index contributed by atoms with van der Waals surface area (Å²) < 4.78 is 17.1. The van der Waals surface area contributed by atoms with Gasteiger partial charge in [0.05, 0.1) is 25.4 Å². The minimum absolute atomic E-state index is 0.132. The van der Waals surface area contributed by atoms with E-state index in [1.54, 1.807) is 6.92 Å². The number of nitrogens with two attached hydrogens (primary N) is 1. The molecule has 6 heteroatoms. The van der Waals surface area contributed by atoms with E-state index in [9.17, 15) is 4.79 Å². The van der Waals surface area contributed by atoms with Crippen LogP contribution in [0.2, 0.25) is 18.1 Å². The van der Waals surface area contributed by atoms with Gasteiger partial charge in [0, 0.05) is 0 Å². The van der Waals surface area contributed by atoms with E-state index < -0.39 is 14.4 Å². The Kier molecular flexibility index (Phi) is 7.04.